The Morgan fingerprint density at radius 2 is 2.12 bits per heavy atom. The van der Waals surface area contributed by atoms with E-state index in [0.717, 1.165) is 15.6 Å². The summed E-state index contributed by atoms with van der Waals surface area (Å²) < 4.78 is 8.14. The van der Waals surface area contributed by atoms with Crippen LogP contribution in [0.4, 0.5) is 0 Å². The van der Waals surface area contributed by atoms with Gasteiger partial charge in [-0.25, -0.2) is 14.7 Å². The van der Waals surface area contributed by atoms with E-state index in [1.165, 1.54) is 7.11 Å². The van der Waals surface area contributed by atoms with Gasteiger partial charge in [-0.2, -0.15) is 5.10 Å². The summed E-state index contributed by atoms with van der Waals surface area (Å²) >= 11 is 3.38. The van der Waals surface area contributed by atoms with Gasteiger partial charge in [-0.3, -0.25) is 9.63 Å². The minimum Gasteiger partial charge on any atom is -0.359 e. The summed E-state index contributed by atoms with van der Waals surface area (Å²) in [5.74, 6) is -0.330. The lowest BCUT2D eigenvalue weighted by Crippen LogP contribution is -2.26. The quantitative estimate of drug-likeness (QED) is 0.395. The van der Waals surface area contributed by atoms with Crippen LogP contribution in [0, 0.1) is 0 Å². The smallest absolute Gasteiger partial charge is 0.298 e. The zero-order valence-electron chi connectivity index (χ0n) is 14.7. The maximum absolute atomic E-state index is 12.4. The Bertz CT molecular complexity index is 729. The molecule has 0 bridgehead atoms. The number of carbonyl (C=O) groups excluding carboxylic acids is 1. The highest BCUT2D eigenvalue weighted by Crippen LogP contribution is 2.22. The molecule has 0 radical (unpaired) electrons. The predicted molar refractivity (Wildman–Crippen MR) is 98.4 cm³/mol. The molecule has 0 aliphatic heterocycles. The molecule has 2 rings (SSSR count). The van der Waals surface area contributed by atoms with Crippen molar-refractivity contribution in [3.05, 3.63) is 22.4 Å². The van der Waals surface area contributed by atoms with E-state index in [-0.39, 0.29) is 18.3 Å². The third-order valence-corrected chi connectivity index (χ3v) is 5.66. The summed E-state index contributed by atoms with van der Waals surface area (Å²) in [5, 5.41) is 6.18. The molecule has 2 aromatic heterocycles. The molecule has 24 heavy (non-hydrogen) atoms. The Morgan fingerprint density at radius 1 is 1.42 bits per heavy atom. The van der Waals surface area contributed by atoms with Crippen LogP contribution in [0.25, 0.3) is 11.0 Å². The topological polar surface area (TPSA) is 69.5 Å². The van der Waals surface area contributed by atoms with Crippen LogP contribution < -0.4 is 0 Å². The average molecular weight is 415 g/mol. The Balaban J connectivity index is 2.26. The second kappa shape index (κ2) is 7.73. The Hall–Kier alpha value is -1.29. The maximum atomic E-state index is 12.4. The van der Waals surface area contributed by atoms with Crippen molar-refractivity contribution >= 4 is 40.9 Å². The first-order chi connectivity index (χ1) is 11.2. The number of hydroxylamine groups is 2. The molecule has 0 saturated carbocycles. The average Bonchev–Trinajstić information content (AvgIpc) is 2.87. The van der Waals surface area contributed by atoms with Gasteiger partial charge in [-0.1, -0.05) is 19.6 Å². The number of hydrogen-bond acceptors (Lipinski definition) is 5. The largest absolute Gasteiger partial charge is 0.359 e. The standard InChI is InChI=1S/C15H23BrN4O3Si/c1-19(22-2)15(21)13-12-8-11(16)9-17-14(12)20(18-13)10-23-6-7-24(3,4)5/h8-9H,6-7,10H2,1-5H3. The minimum atomic E-state index is -1.14. The van der Waals surface area contributed by atoms with Crippen molar-refractivity contribution in [1.82, 2.24) is 19.8 Å². The molecule has 0 N–H and O–H groups in total. The summed E-state index contributed by atoms with van der Waals surface area (Å²) in [6.45, 7) is 7.84. The van der Waals surface area contributed by atoms with Crippen LogP contribution in [0.15, 0.2) is 16.7 Å². The summed E-state index contributed by atoms with van der Waals surface area (Å²) in [4.78, 5) is 21.8. The number of nitrogens with zero attached hydrogens (tertiary/aromatic N) is 4. The van der Waals surface area contributed by atoms with Crippen LogP contribution in [0.5, 0.6) is 0 Å². The maximum Gasteiger partial charge on any atom is 0.298 e. The molecular weight excluding hydrogens is 392 g/mol. The van der Waals surface area contributed by atoms with Gasteiger partial charge in [0, 0.05) is 32.4 Å². The number of fused-ring (bicyclic) bond motifs is 1. The van der Waals surface area contributed by atoms with Crippen molar-refractivity contribution in [2.45, 2.75) is 32.4 Å². The summed E-state index contributed by atoms with van der Waals surface area (Å²) in [6.07, 6.45) is 1.68. The van der Waals surface area contributed by atoms with Gasteiger partial charge in [0.05, 0.1) is 12.5 Å². The highest BCUT2D eigenvalue weighted by molar-refractivity contribution is 9.10. The van der Waals surface area contributed by atoms with Crippen LogP contribution in [0.1, 0.15) is 10.5 Å². The van der Waals surface area contributed by atoms with Crippen LogP contribution >= 0.6 is 15.9 Å². The van der Waals surface area contributed by atoms with Gasteiger partial charge in [0.15, 0.2) is 11.3 Å². The first kappa shape index (κ1) is 19.0. The molecule has 7 nitrogen and oxygen atoms in total. The molecule has 0 aliphatic carbocycles. The van der Waals surface area contributed by atoms with Crippen molar-refractivity contribution in [3.8, 4) is 0 Å². The summed E-state index contributed by atoms with van der Waals surface area (Å²) in [5.41, 5.74) is 0.899. The molecule has 0 unspecified atom stereocenters. The Kier molecular flexibility index (Phi) is 6.13. The van der Waals surface area contributed by atoms with Crippen molar-refractivity contribution in [2.24, 2.45) is 0 Å². The molecular formula is C15H23BrN4O3Si. The molecule has 132 valence electrons. The van der Waals surface area contributed by atoms with Gasteiger partial charge >= 0.3 is 0 Å². The van der Waals surface area contributed by atoms with Gasteiger partial charge < -0.3 is 4.74 Å². The molecule has 2 heterocycles. The van der Waals surface area contributed by atoms with Crippen LogP contribution in [-0.4, -0.2) is 54.6 Å². The Morgan fingerprint density at radius 3 is 2.75 bits per heavy atom. The lowest BCUT2D eigenvalue weighted by atomic mass is 10.2. The van der Waals surface area contributed by atoms with Crippen LogP contribution in [0.3, 0.4) is 0 Å². The molecule has 0 aliphatic rings. The molecule has 0 saturated heterocycles. The van der Waals surface area contributed by atoms with Crippen LogP contribution in [-0.2, 0) is 16.3 Å². The number of pyridine rings is 1. The van der Waals surface area contributed by atoms with E-state index in [4.69, 9.17) is 9.57 Å². The van der Waals surface area contributed by atoms with Gasteiger partial charge in [0.25, 0.3) is 5.91 Å². The van der Waals surface area contributed by atoms with Gasteiger partial charge in [-0.05, 0) is 28.0 Å². The summed E-state index contributed by atoms with van der Waals surface area (Å²) in [7, 11) is 1.84. The van der Waals surface area contributed by atoms with Gasteiger partial charge in [-0.15, -0.1) is 0 Å². The van der Waals surface area contributed by atoms with E-state index in [9.17, 15) is 4.79 Å². The fourth-order valence-electron chi connectivity index (χ4n) is 2.04. The van der Waals surface area contributed by atoms with E-state index in [2.05, 4.69) is 45.7 Å². The number of rotatable bonds is 7. The van der Waals surface area contributed by atoms with Crippen molar-refractivity contribution in [2.75, 3.05) is 20.8 Å². The predicted octanol–water partition coefficient (Wildman–Crippen LogP) is 3.14. The summed E-state index contributed by atoms with van der Waals surface area (Å²) in [6, 6.07) is 2.90. The lowest BCUT2D eigenvalue weighted by molar-refractivity contribution is -0.0760. The fraction of sp³-hybridized carbons (Fsp3) is 0.533. The second-order valence-corrected chi connectivity index (χ2v) is 13.2. The molecule has 0 spiro atoms. The minimum absolute atomic E-state index is 0.263. The lowest BCUT2D eigenvalue weighted by Gasteiger charge is -2.15. The second-order valence-electron chi connectivity index (χ2n) is 6.71. The van der Waals surface area contributed by atoms with E-state index in [1.54, 1.807) is 17.9 Å². The van der Waals surface area contributed by atoms with E-state index < -0.39 is 8.07 Å². The number of amides is 1. The van der Waals surface area contributed by atoms with Gasteiger partial charge in [0.2, 0.25) is 0 Å². The number of carbonyl (C=O) groups is 1. The number of aromatic nitrogens is 3. The normalized spacial score (nSPS) is 11.9. The SMILES string of the molecule is CON(C)C(=O)c1nn(COCC[Si](C)(C)C)c2ncc(Br)cc12. The van der Waals surface area contributed by atoms with E-state index >= 15 is 0 Å². The van der Waals surface area contributed by atoms with E-state index in [0.29, 0.717) is 17.6 Å². The fourth-order valence-corrected chi connectivity index (χ4v) is 3.13. The molecule has 0 aromatic carbocycles. The number of ether oxygens (including phenoxy) is 1. The highest BCUT2D eigenvalue weighted by Gasteiger charge is 2.22. The van der Waals surface area contributed by atoms with Crippen molar-refractivity contribution in [1.29, 1.82) is 0 Å². The third-order valence-electron chi connectivity index (χ3n) is 3.53. The van der Waals surface area contributed by atoms with Gasteiger partial charge in [0.1, 0.15) is 6.73 Å². The monoisotopic (exact) mass is 414 g/mol. The Labute approximate surface area is 151 Å². The van der Waals surface area contributed by atoms with Crippen LogP contribution in [0.2, 0.25) is 25.7 Å². The molecule has 0 atom stereocenters. The van der Waals surface area contributed by atoms with E-state index in [1.807, 2.05) is 6.07 Å². The molecule has 0 fully saturated rings. The molecule has 1 amide bonds. The molecule has 2 aromatic rings. The highest BCUT2D eigenvalue weighted by atomic mass is 79.9. The first-order valence-corrected chi connectivity index (χ1v) is 12.1. The van der Waals surface area contributed by atoms with Crippen molar-refractivity contribution < 1.29 is 14.4 Å². The number of hydrogen-bond donors (Lipinski definition) is 0. The first-order valence-electron chi connectivity index (χ1n) is 7.65. The number of halogens is 1. The van der Waals surface area contributed by atoms with Crippen molar-refractivity contribution in [3.63, 3.8) is 0 Å². The zero-order chi connectivity index (χ0) is 17.9. The zero-order valence-corrected chi connectivity index (χ0v) is 17.3. The molecule has 9 heteroatoms. The third kappa shape index (κ3) is 4.62.